The topological polar surface area (TPSA) is 75.2 Å². The molecule has 0 aliphatic carbocycles. The van der Waals surface area contributed by atoms with Crippen molar-refractivity contribution in [2.24, 2.45) is 0 Å². The first-order valence-corrected chi connectivity index (χ1v) is 9.40. The summed E-state index contributed by atoms with van der Waals surface area (Å²) < 4.78 is 25.0. The lowest BCUT2D eigenvalue weighted by Crippen LogP contribution is -2.32. The Labute approximate surface area is 136 Å². The Morgan fingerprint density at radius 3 is 2.48 bits per heavy atom. The van der Waals surface area contributed by atoms with Crippen LogP contribution in [0.15, 0.2) is 30.6 Å². The first-order valence-electron chi connectivity index (χ1n) is 7.55. The third kappa shape index (κ3) is 3.68. The van der Waals surface area contributed by atoms with Crippen molar-refractivity contribution in [2.45, 2.75) is 19.8 Å². The number of nitrogens with one attached hydrogen (secondary N) is 1. The Morgan fingerprint density at radius 2 is 1.78 bits per heavy atom. The van der Waals surface area contributed by atoms with E-state index in [9.17, 15) is 8.42 Å². The van der Waals surface area contributed by atoms with Crippen molar-refractivity contribution in [1.82, 2.24) is 14.3 Å². The summed E-state index contributed by atoms with van der Waals surface area (Å²) in [6.07, 6.45) is 4.00. The van der Waals surface area contributed by atoms with Crippen LogP contribution in [-0.2, 0) is 22.9 Å². The molecule has 6 nitrogen and oxygen atoms in total. The molecular formula is C16H20N4O2S. The molecule has 0 fully saturated rings. The zero-order chi connectivity index (χ0) is 16.4. The Kier molecular flexibility index (Phi) is 4.32. The maximum absolute atomic E-state index is 11.8. The molecular weight excluding hydrogens is 312 g/mol. The Bertz CT molecular complexity index is 803. The lowest BCUT2D eigenvalue weighted by Gasteiger charge is -2.16. The van der Waals surface area contributed by atoms with Gasteiger partial charge in [-0.3, -0.25) is 0 Å². The van der Waals surface area contributed by atoms with Gasteiger partial charge in [-0.15, -0.1) is 0 Å². The van der Waals surface area contributed by atoms with Crippen molar-refractivity contribution in [3.63, 3.8) is 0 Å². The molecule has 0 saturated carbocycles. The standard InChI is InChI=1S/C16H20N4O2S/c1-12-3-5-13(6-4-12)19-16-14-7-9-20(23(2,21)22)10-8-15(14)17-11-18-16/h3-6,11H,7-10H2,1-2H3,(H,17,18,19). The molecule has 7 heteroatoms. The molecule has 1 aromatic heterocycles. The second kappa shape index (κ2) is 6.25. The van der Waals surface area contributed by atoms with Crippen LogP contribution in [0.1, 0.15) is 16.8 Å². The molecule has 1 N–H and O–H groups in total. The van der Waals surface area contributed by atoms with Crippen molar-refractivity contribution in [2.75, 3.05) is 24.7 Å². The number of nitrogens with zero attached hydrogens (tertiary/aromatic N) is 3. The third-order valence-corrected chi connectivity index (χ3v) is 5.33. The lowest BCUT2D eigenvalue weighted by atomic mass is 10.1. The maximum Gasteiger partial charge on any atom is 0.211 e. The molecule has 2 heterocycles. The molecule has 2 aromatic rings. The van der Waals surface area contributed by atoms with Gasteiger partial charge in [-0.1, -0.05) is 17.7 Å². The Hall–Kier alpha value is -1.99. The van der Waals surface area contributed by atoms with Gasteiger partial charge in [-0.05, 0) is 25.5 Å². The highest BCUT2D eigenvalue weighted by Gasteiger charge is 2.23. The van der Waals surface area contributed by atoms with Crippen LogP contribution >= 0.6 is 0 Å². The van der Waals surface area contributed by atoms with Gasteiger partial charge in [0, 0.05) is 30.8 Å². The molecule has 1 aromatic carbocycles. The minimum atomic E-state index is -3.18. The van der Waals surface area contributed by atoms with E-state index in [1.54, 1.807) is 0 Å². The number of aromatic nitrogens is 2. The first-order chi connectivity index (χ1) is 10.9. The van der Waals surface area contributed by atoms with Crippen LogP contribution in [0.4, 0.5) is 11.5 Å². The molecule has 0 amide bonds. The summed E-state index contributed by atoms with van der Waals surface area (Å²) in [5, 5.41) is 3.32. The van der Waals surface area contributed by atoms with Gasteiger partial charge in [0.05, 0.1) is 11.9 Å². The molecule has 0 bridgehead atoms. The zero-order valence-electron chi connectivity index (χ0n) is 13.3. The highest BCUT2D eigenvalue weighted by atomic mass is 32.2. The number of anilines is 2. The summed E-state index contributed by atoms with van der Waals surface area (Å²) in [6.45, 7) is 2.97. The van der Waals surface area contributed by atoms with Crippen LogP contribution in [0.3, 0.4) is 0 Å². The number of aryl methyl sites for hydroxylation is 1. The molecule has 3 rings (SSSR count). The van der Waals surface area contributed by atoms with Gasteiger partial charge < -0.3 is 5.32 Å². The van der Waals surface area contributed by atoms with Crippen molar-refractivity contribution in [3.05, 3.63) is 47.4 Å². The summed E-state index contributed by atoms with van der Waals surface area (Å²) in [4.78, 5) is 8.69. The molecule has 0 spiro atoms. The summed E-state index contributed by atoms with van der Waals surface area (Å²) in [5.41, 5.74) is 4.07. The van der Waals surface area contributed by atoms with E-state index in [-0.39, 0.29) is 0 Å². The van der Waals surface area contributed by atoms with Gasteiger partial charge >= 0.3 is 0 Å². The van der Waals surface area contributed by atoms with Crippen LogP contribution in [0.25, 0.3) is 0 Å². The van der Waals surface area contributed by atoms with Crippen molar-refractivity contribution in [1.29, 1.82) is 0 Å². The van der Waals surface area contributed by atoms with Crippen LogP contribution < -0.4 is 5.32 Å². The third-order valence-electron chi connectivity index (χ3n) is 4.03. The number of benzene rings is 1. The van der Waals surface area contributed by atoms with E-state index in [4.69, 9.17) is 0 Å². The number of fused-ring (bicyclic) bond motifs is 1. The van der Waals surface area contributed by atoms with E-state index < -0.39 is 10.0 Å². The van der Waals surface area contributed by atoms with Crippen molar-refractivity contribution < 1.29 is 8.42 Å². The van der Waals surface area contributed by atoms with Crippen LogP contribution in [0.5, 0.6) is 0 Å². The number of rotatable bonds is 3. The van der Waals surface area contributed by atoms with Gasteiger partial charge in [0.15, 0.2) is 0 Å². The predicted molar refractivity (Wildman–Crippen MR) is 90.3 cm³/mol. The van der Waals surface area contributed by atoms with Crippen LogP contribution in [-0.4, -0.2) is 42.0 Å². The maximum atomic E-state index is 11.8. The van der Waals surface area contributed by atoms with Gasteiger partial charge in [0.25, 0.3) is 0 Å². The van der Waals surface area contributed by atoms with E-state index in [0.717, 1.165) is 22.8 Å². The number of hydrogen-bond donors (Lipinski definition) is 1. The normalized spacial score (nSPS) is 15.7. The minimum absolute atomic E-state index is 0.460. The minimum Gasteiger partial charge on any atom is -0.340 e. The smallest absolute Gasteiger partial charge is 0.211 e. The summed E-state index contributed by atoms with van der Waals surface area (Å²) in [6, 6.07) is 8.08. The fourth-order valence-electron chi connectivity index (χ4n) is 2.72. The molecule has 122 valence electrons. The molecule has 0 unspecified atom stereocenters. The number of sulfonamides is 1. The molecule has 0 radical (unpaired) electrons. The molecule has 0 saturated heterocycles. The second-order valence-corrected chi connectivity index (χ2v) is 7.78. The largest absolute Gasteiger partial charge is 0.340 e. The van der Waals surface area contributed by atoms with E-state index in [1.165, 1.54) is 22.5 Å². The molecule has 1 aliphatic heterocycles. The van der Waals surface area contributed by atoms with Gasteiger partial charge in [-0.2, -0.15) is 0 Å². The Balaban J connectivity index is 1.87. The average molecular weight is 332 g/mol. The molecule has 23 heavy (non-hydrogen) atoms. The van der Waals surface area contributed by atoms with Crippen molar-refractivity contribution >= 4 is 21.5 Å². The van der Waals surface area contributed by atoms with Crippen LogP contribution in [0, 0.1) is 6.92 Å². The second-order valence-electron chi connectivity index (χ2n) is 5.80. The zero-order valence-corrected chi connectivity index (χ0v) is 14.1. The predicted octanol–water partition coefficient (Wildman–Crippen LogP) is 1.89. The monoisotopic (exact) mass is 332 g/mol. The van der Waals surface area contributed by atoms with Gasteiger partial charge in [0.1, 0.15) is 12.1 Å². The van der Waals surface area contributed by atoms with Crippen molar-refractivity contribution in [3.8, 4) is 0 Å². The van der Waals surface area contributed by atoms with E-state index in [1.807, 2.05) is 31.2 Å². The summed E-state index contributed by atoms with van der Waals surface area (Å²) in [5.74, 6) is 0.759. The average Bonchev–Trinajstić information content (AvgIpc) is 2.72. The fourth-order valence-corrected chi connectivity index (χ4v) is 3.56. The van der Waals surface area contributed by atoms with Gasteiger partial charge in [0.2, 0.25) is 10.0 Å². The fraction of sp³-hybridized carbons (Fsp3) is 0.375. The highest BCUT2D eigenvalue weighted by molar-refractivity contribution is 7.88. The highest BCUT2D eigenvalue weighted by Crippen LogP contribution is 2.24. The molecule has 1 aliphatic rings. The first kappa shape index (κ1) is 15.9. The Morgan fingerprint density at radius 1 is 1.09 bits per heavy atom. The number of hydrogen-bond acceptors (Lipinski definition) is 5. The van der Waals surface area contributed by atoms with Gasteiger partial charge in [-0.25, -0.2) is 22.7 Å². The summed E-state index contributed by atoms with van der Waals surface area (Å²) >= 11 is 0. The van der Waals surface area contributed by atoms with Crippen LogP contribution in [0.2, 0.25) is 0 Å². The quantitative estimate of drug-likeness (QED) is 0.929. The molecule has 0 atom stereocenters. The van der Waals surface area contributed by atoms with E-state index in [0.29, 0.717) is 25.9 Å². The SMILES string of the molecule is Cc1ccc(Nc2ncnc3c2CCN(S(C)(=O)=O)CC3)cc1. The van der Waals surface area contributed by atoms with E-state index >= 15 is 0 Å². The van der Waals surface area contributed by atoms with E-state index in [2.05, 4.69) is 15.3 Å². The summed E-state index contributed by atoms with van der Waals surface area (Å²) in [7, 11) is -3.18. The lowest BCUT2D eigenvalue weighted by molar-refractivity contribution is 0.430.